The molecule has 1 saturated carbocycles. The molecule has 0 aromatic heterocycles. The van der Waals surface area contributed by atoms with E-state index in [9.17, 15) is 9.18 Å². The monoisotopic (exact) mass is 350 g/mol. The van der Waals surface area contributed by atoms with Crippen molar-refractivity contribution >= 4 is 27.9 Å². The van der Waals surface area contributed by atoms with Gasteiger partial charge in [0.25, 0.3) is 5.91 Å². The number of carbonyl (C=O) groups is 1. The van der Waals surface area contributed by atoms with Crippen LogP contribution in [0.15, 0.2) is 28.2 Å². The summed E-state index contributed by atoms with van der Waals surface area (Å²) in [4.78, 5) is 12.1. The van der Waals surface area contributed by atoms with Crippen LogP contribution < -0.4 is 5.32 Å². The molecule has 1 fully saturated rings. The summed E-state index contributed by atoms with van der Waals surface area (Å²) in [5, 5.41) is 12.0. The fourth-order valence-electron chi connectivity index (χ4n) is 2.44. The lowest BCUT2D eigenvalue weighted by atomic mass is 9.95. The van der Waals surface area contributed by atoms with Gasteiger partial charge in [-0.1, -0.05) is 35.2 Å². The smallest absolute Gasteiger partial charge is 0.262 e. The second-order valence-electron chi connectivity index (χ2n) is 5.14. The molecule has 0 spiro atoms. The number of rotatable bonds is 3. The standard InChI is InChI=1S/C16H16BrFN2O/c17-13-6-7-15(18)11(9-13)8-12(10-19)16(21)20-14-4-2-1-3-5-14/h6-9,14H,1-5H2,(H,20,21)/b12-8+. The Morgan fingerprint density at radius 3 is 2.76 bits per heavy atom. The average Bonchev–Trinajstić information content (AvgIpc) is 2.49. The third-order valence-electron chi connectivity index (χ3n) is 3.56. The molecule has 0 bridgehead atoms. The van der Waals surface area contributed by atoms with E-state index in [2.05, 4.69) is 21.2 Å². The number of benzene rings is 1. The zero-order chi connectivity index (χ0) is 15.2. The van der Waals surface area contributed by atoms with E-state index in [0.29, 0.717) is 4.47 Å². The number of halogens is 2. The van der Waals surface area contributed by atoms with Crippen LogP contribution in [0.3, 0.4) is 0 Å². The summed E-state index contributed by atoms with van der Waals surface area (Å²) in [6.45, 7) is 0. The van der Waals surface area contributed by atoms with Crippen molar-refractivity contribution < 1.29 is 9.18 Å². The summed E-state index contributed by atoms with van der Waals surface area (Å²) in [5.41, 5.74) is 0.150. The number of hydrogen-bond donors (Lipinski definition) is 1. The molecule has 1 N–H and O–H groups in total. The Morgan fingerprint density at radius 1 is 1.38 bits per heavy atom. The van der Waals surface area contributed by atoms with E-state index in [1.807, 2.05) is 6.07 Å². The first kappa shape index (κ1) is 15.7. The highest BCUT2D eigenvalue weighted by atomic mass is 79.9. The highest BCUT2D eigenvalue weighted by Crippen LogP contribution is 2.20. The van der Waals surface area contributed by atoms with E-state index in [1.165, 1.54) is 18.6 Å². The molecule has 0 atom stereocenters. The van der Waals surface area contributed by atoms with Crippen LogP contribution in [0.5, 0.6) is 0 Å². The molecule has 110 valence electrons. The Kier molecular flexibility index (Phi) is 5.51. The molecule has 1 aliphatic rings. The Hall–Kier alpha value is -1.67. The van der Waals surface area contributed by atoms with Gasteiger partial charge in [0.15, 0.2) is 0 Å². The van der Waals surface area contributed by atoms with Crippen LogP contribution in [0.4, 0.5) is 4.39 Å². The van der Waals surface area contributed by atoms with Gasteiger partial charge >= 0.3 is 0 Å². The lowest BCUT2D eigenvalue weighted by molar-refractivity contribution is -0.117. The highest BCUT2D eigenvalue weighted by Gasteiger charge is 2.18. The van der Waals surface area contributed by atoms with Crippen molar-refractivity contribution in [3.8, 4) is 6.07 Å². The SMILES string of the molecule is N#C/C(=C\c1cc(Br)ccc1F)C(=O)NC1CCCCC1. The van der Waals surface area contributed by atoms with Gasteiger partial charge in [-0.05, 0) is 37.1 Å². The van der Waals surface area contributed by atoms with Gasteiger partial charge in [-0.15, -0.1) is 0 Å². The van der Waals surface area contributed by atoms with Crippen LogP contribution in [0, 0.1) is 17.1 Å². The van der Waals surface area contributed by atoms with Crippen molar-refractivity contribution in [3.63, 3.8) is 0 Å². The van der Waals surface area contributed by atoms with E-state index in [0.717, 1.165) is 25.7 Å². The summed E-state index contributed by atoms with van der Waals surface area (Å²) in [5.74, 6) is -0.889. The van der Waals surface area contributed by atoms with Crippen molar-refractivity contribution in [1.29, 1.82) is 5.26 Å². The van der Waals surface area contributed by atoms with Crippen molar-refractivity contribution in [2.24, 2.45) is 0 Å². The first-order valence-electron chi connectivity index (χ1n) is 6.98. The third-order valence-corrected chi connectivity index (χ3v) is 4.06. The maximum Gasteiger partial charge on any atom is 0.262 e. The number of hydrogen-bond acceptors (Lipinski definition) is 2. The first-order valence-corrected chi connectivity index (χ1v) is 7.77. The molecule has 1 aromatic rings. The molecule has 0 radical (unpaired) electrons. The summed E-state index contributed by atoms with van der Waals surface area (Å²) in [6.07, 6.45) is 6.55. The van der Waals surface area contributed by atoms with E-state index in [1.54, 1.807) is 12.1 Å². The van der Waals surface area contributed by atoms with Crippen LogP contribution in [-0.4, -0.2) is 11.9 Å². The lowest BCUT2D eigenvalue weighted by Crippen LogP contribution is -2.36. The molecule has 0 unspecified atom stereocenters. The van der Waals surface area contributed by atoms with Gasteiger partial charge in [-0.3, -0.25) is 4.79 Å². The summed E-state index contributed by atoms with van der Waals surface area (Å²) in [6, 6.07) is 6.38. The summed E-state index contributed by atoms with van der Waals surface area (Å²) >= 11 is 3.25. The predicted molar refractivity (Wildman–Crippen MR) is 82.7 cm³/mol. The highest BCUT2D eigenvalue weighted by molar-refractivity contribution is 9.10. The van der Waals surface area contributed by atoms with Gasteiger partial charge in [0.05, 0.1) is 0 Å². The van der Waals surface area contributed by atoms with Crippen LogP contribution in [0.1, 0.15) is 37.7 Å². The van der Waals surface area contributed by atoms with Gasteiger partial charge in [0.1, 0.15) is 17.5 Å². The molecular formula is C16H16BrFN2O. The van der Waals surface area contributed by atoms with Gasteiger partial charge in [0.2, 0.25) is 0 Å². The second kappa shape index (κ2) is 7.37. The minimum Gasteiger partial charge on any atom is -0.349 e. The zero-order valence-electron chi connectivity index (χ0n) is 11.5. The fraction of sp³-hybridized carbons (Fsp3) is 0.375. The minimum absolute atomic E-state index is 0.0717. The molecule has 3 nitrogen and oxygen atoms in total. The quantitative estimate of drug-likeness (QED) is 0.662. The zero-order valence-corrected chi connectivity index (χ0v) is 13.1. The number of nitrogens with zero attached hydrogens (tertiary/aromatic N) is 1. The Labute approximate surface area is 132 Å². The van der Waals surface area contributed by atoms with E-state index in [4.69, 9.17) is 5.26 Å². The van der Waals surface area contributed by atoms with Crippen molar-refractivity contribution in [2.45, 2.75) is 38.1 Å². The van der Waals surface area contributed by atoms with Crippen LogP contribution >= 0.6 is 15.9 Å². The van der Waals surface area contributed by atoms with E-state index >= 15 is 0 Å². The van der Waals surface area contributed by atoms with Gasteiger partial charge in [0, 0.05) is 16.1 Å². The molecule has 2 rings (SSSR count). The summed E-state index contributed by atoms with van der Waals surface area (Å²) in [7, 11) is 0. The van der Waals surface area contributed by atoms with Crippen LogP contribution in [-0.2, 0) is 4.79 Å². The molecule has 1 amide bonds. The van der Waals surface area contributed by atoms with Gasteiger partial charge in [-0.25, -0.2) is 4.39 Å². The molecule has 1 aromatic carbocycles. The fourth-order valence-corrected chi connectivity index (χ4v) is 2.82. The number of nitrogens with one attached hydrogen (secondary N) is 1. The Morgan fingerprint density at radius 2 is 2.10 bits per heavy atom. The average molecular weight is 351 g/mol. The van der Waals surface area contributed by atoms with Gasteiger partial charge < -0.3 is 5.32 Å². The molecule has 21 heavy (non-hydrogen) atoms. The largest absolute Gasteiger partial charge is 0.349 e. The maximum absolute atomic E-state index is 13.7. The van der Waals surface area contributed by atoms with Crippen molar-refractivity contribution in [1.82, 2.24) is 5.32 Å². The molecule has 0 saturated heterocycles. The number of amides is 1. The first-order chi connectivity index (χ1) is 10.1. The number of nitriles is 1. The van der Waals surface area contributed by atoms with Crippen molar-refractivity contribution in [3.05, 3.63) is 39.6 Å². The maximum atomic E-state index is 13.7. The Balaban J connectivity index is 2.14. The Bertz CT molecular complexity index is 601. The van der Waals surface area contributed by atoms with Crippen molar-refractivity contribution in [2.75, 3.05) is 0 Å². The van der Waals surface area contributed by atoms with Crippen LogP contribution in [0.2, 0.25) is 0 Å². The number of carbonyl (C=O) groups excluding carboxylic acids is 1. The molecule has 0 heterocycles. The van der Waals surface area contributed by atoms with E-state index in [-0.39, 0.29) is 17.2 Å². The summed E-state index contributed by atoms with van der Waals surface area (Å²) < 4.78 is 14.4. The van der Waals surface area contributed by atoms with E-state index < -0.39 is 11.7 Å². The molecule has 1 aliphatic carbocycles. The minimum atomic E-state index is -0.462. The predicted octanol–water partition coefficient (Wildman–Crippen LogP) is 3.94. The molecular weight excluding hydrogens is 335 g/mol. The molecule has 0 aliphatic heterocycles. The van der Waals surface area contributed by atoms with Crippen LogP contribution in [0.25, 0.3) is 6.08 Å². The lowest BCUT2D eigenvalue weighted by Gasteiger charge is -2.22. The topological polar surface area (TPSA) is 52.9 Å². The molecule has 5 heteroatoms. The van der Waals surface area contributed by atoms with Gasteiger partial charge in [-0.2, -0.15) is 5.26 Å². The second-order valence-corrected chi connectivity index (χ2v) is 6.06. The third kappa shape index (κ3) is 4.40. The normalized spacial score (nSPS) is 16.3.